The van der Waals surface area contributed by atoms with Gasteiger partial charge in [0, 0.05) is 23.8 Å². The van der Waals surface area contributed by atoms with Crippen molar-refractivity contribution in [3.63, 3.8) is 0 Å². The van der Waals surface area contributed by atoms with Crippen molar-refractivity contribution in [3.8, 4) is 11.6 Å². The summed E-state index contributed by atoms with van der Waals surface area (Å²) < 4.78 is 87.7. The first kappa shape index (κ1) is 23.7. The van der Waals surface area contributed by atoms with E-state index >= 15 is 0 Å². The van der Waals surface area contributed by atoms with E-state index in [-0.39, 0.29) is 22.7 Å². The number of nitro groups is 1. The molecule has 2 aromatic heterocycles. The lowest BCUT2D eigenvalue weighted by Gasteiger charge is -2.14. The van der Waals surface area contributed by atoms with E-state index in [9.17, 15) is 41.3 Å². The second-order valence-electron chi connectivity index (χ2n) is 7.11. The summed E-state index contributed by atoms with van der Waals surface area (Å²) in [5.74, 6) is -4.75. The van der Waals surface area contributed by atoms with E-state index < -0.39 is 63.3 Å². The SMILES string of the molecule is O=c1ncn(Cc2c(F)cc(F)cc2F)c2ccc(Oc3ncc([N+](=O)[O-])cc3C(F)(F)F)cc12. The Morgan fingerprint density at radius 1 is 1.03 bits per heavy atom. The third kappa shape index (κ3) is 4.76. The van der Waals surface area contributed by atoms with Gasteiger partial charge in [0.05, 0.1) is 28.7 Å². The van der Waals surface area contributed by atoms with Crippen LogP contribution in [0, 0.1) is 27.6 Å². The fraction of sp³-hybridized carbons (Fsp3) is 0.0952. The molecule has 0 aliphatic rings. The summed E-state index contributed by atoms with van der Waals surface area (Å²) in [5, 5.41) is 10.6. The molecule has 4 aromatic rings. The van der Waals surface area contributed by atoms with Gasteiger partial charge >= 0.3 is 6.18 Å². The zero-order valence-corrected chi connectivity index (χ0v) is 17.0. The number of fused-ring (bicyclic) bond motifs is 1. The summed E-state index contributed by atoms with van der Waals surface area (Å²) in [6.07, 6.45) is -3.47. The van der Waals surface area contributed by atoms with E-state index in [0.29, 0.717) is 18.3 Å². The van der Waals surface area contributed by atoms with Crippen molar-refractivity contribution in [1.82, 2.24) is 14.5 Å². The standard InChI is InChI=1S/C21H10F6N4O4/c22-10-3-16(23)14(17(24)4-10)8-30-9-29-19(32)13-6-12(1-2-18(13)30)35-20-15(21(25,26)27)5-11(7-28-20)31(33)34/h1-7,9H,8H2. The van der Waals surface area contributed by atoms with Crippen molar-refractivity contribution in [2.24, 2.45) is 0 Å². The number of ether oxygens (including phenoxy) is 1. The Balaban J connectivity index is 1.75. The van der Waals surface area contributed by atoms with Gasteiger partial charge in [-0.1, -0.05) is 0 Å². The molecule has 180 valence electrons. The summed E-state index contributed by atoms with van der Waals surface area (Å²) in [7, 11) is 0. The molecular weight excluding hydrogens is 486 g/mol. The molecule has 2 aromatic carbocycles. The van der Waals surface area contributed by atoms with E-state index in [1.54, 1.807) is 0 Å². The lowest BCUT2D eigenvalue weighted by Crippen LogP contribution is -2.14. The van der Waals surface area contributed by atoms with Crippen molar-refractivity contribution < 1.29 is 36.0 Å². The second-order valence-corrected chi connectivity index (χ2v) is 7.11. The van der Waals surface area contributed by atoms with Crippen LogP contribution in [0.2, 0.25) is 0 Å². The third-order valence-electron chi connectivity index (χ3n) is 4.82. The fourth-order valence-electron chi connectivity index (χ4n) is 3.21. The molecule has 0 saturated carbocycles. The average molecular weight is 496 g/mol. The number of alkyl halides is 3. The molecule has 0 fully saturated rings. The van der Waals surface area contributed by atoms with Crippen LogP contribution >= 0.6 is 0 Å². The lowest BCUT2D eigenvalue weighted by atomic mass is 10.1. The van der Waals surface area contributed by atoms with E-state index in [2.05, 4.69) is 9.97 Å². The Bertz CT molecular complexity index is 1510. The van der Waals surface area contributed by atoms with Gasteiger partial charge in [0.25, 0.3) is 11.2 Å². The Morgan fingerprint density at radius 3 is 2.34 bits per heavy atom. The normalized spacial score (nSPS) is 11.6. The Morgan fingerprint density at radius 2 is 1.71 bits per heavy atom. The first-order chi connectivity index (χ1) is 16.4. The Kier molecular flexibility index (Phi) is 5.88. The van der Waals surface area contributed by atoms with Gasteiger partial charge in [-0.2, -0.15) is 18.2 Å². The van der Waals surface area contributed by atoms with Crippen LogP contribution in [-0.2, 0) is 12.7 Å². The minimum atomic E-state index is -5.04. The van der Waals surface area contributed by atoms with Crippen LogP contribution in [0.3, 0.4) is 0 Å². The van der Waals surface area contributed by atoms with Crippen LogP contribution < -0.4 is 10.3 Å². The van der Waals surface area contributed by atoms with Crippen LogP contribution in [0.4, 0.5) is 32.0 Å². The van der Waals surface area contributed by atoms with Crippen molar-refractivity contribution in [3.05, 3.63) is 98.0 Å². The summed E-state index contributed by atoms with van der Waals surface area (Å²) in [4.78, 5) is 29.0. The van der Waals surface area contributed by atoms with Crippen LogP contribution in [-0.4, -0.2) is 19.5 Å². The van der Waals surface area contributed by atoms with Crippen molar-refractivity contribution in [2.45, 2.75) is 12.7 Å². The van der Waals surface area contributed by atoms with Crippen molar-refractivity contribution in [1.29, 1.82) is 0 Å². The van der Waals surface area contributed by atoms with Gasteiger partial charge in [0.15, 0.2) is 0 Å². The first-order valence-electron chi connectivity index (χ1n) is 9.46. The van der Waals surface area contributed by atoms with Crippen molar-refractivity contribution >= 4 is 16.6 Å². The average Bonchev–Trinajstić information content (AvgIpc) is 2.77. The van der Waals surface area contributed by atoms with Gasteiger partial charge in [-0.15, -0.1) is 0 Å². The highest BCUT2D eigenvalue weighted by Crippen LogP contribution is 2.38. The molecular formula is C21H10F6N4O4. The zero-order chi connectivity index (χ0) is 25.5. The van der Waals surface area contributed by atoms with Crippen molar-refractivity contribution in [2.75, 3.05) is 0 Å². The minimum Gasteiger partial charge on any atom is -0.438 e. The predicted molar refractivity (Wildman–Crippen MR) is 107 cm³/mol. The number of pyridine rings is 1. The van der Waals surface area contributed by atoms with Gasteiger partial charge < -0.3 is 9.30 Å². The summed E-state index contributed by atoms with van der Waals surface area (Å²) in [5.41, 5.74) is -3.67. The summed E-state index contributed by atoms with van der Waals surface area (Å²) in [6, 6.07) is 4.63. The maximum absolute atomic E-state index is 14.1. The molecule has 0 N–H and O–H groups in total. The molecule has 0 bridgehead atoms. The first-order valence-corrected chi connectivity index (χ1v) is 9.46. The monoisotopic (exact) mass is 496 g/mol. The van der Waals surface area contributed by atoms with Gasteiger partial charge in [0.1, 0.15) is 35.0 Å². The second kappa shape index (κ2) is 8.70. The maximum Gasteiger partial charge on any atom is 0.421 e. The van der Waals surface area contributed by atoms with E-state index in [1.807, 2.05) is 0 Å². The molecule has 0 aliphatic heterocycles. The van der Waals surface area contributed by atoms with Gasteiger partial charge in [-0.25, -0.2) is 18.2 Å². The molecule has 14 heteroatoms. The van der Waals surface area contributed by atoms with E-state index in [0.717, 1.165) is 18.5 Å². The molecule has 0 saturated heterocycles. The largest absolute Gasteiger partial charge is 0.438 e. The molecule has 0 unspecified atom stereocenters. The number of nitrogens with zero attached hydrogens (tertiary/aromatic N) is 4. The fourth-order valence-corrected chi connectivity index (χ4v) is 3.21. The summed E-state index contributed by atoms with van der Waals surface area (Å²) in [6.45, 7) is -0.482. The number of hydrogen-bond donors (Lipinski definition) is 0. The molecule has 35 heavy (non-hydrogen) atoms. The smallest absolute Gasteiger partial charge is 0.421 e. The molecule has 0 radical (unpaired) electrons. The van der Waals surface area contributed by atoms with Gasteiger partial charge in [0.2, 0.25) is 5.88 Å². The summed E-state index contributed by atoms with van der Waals surface area (Å²) >= 11 is 0. The number of aromatic nitrogens is 3. The topological polar surface area (TPSA) is 100 Å². The lowest BCUT2D eigenvalue weighted by molar-refractivity contribution is -0.385. The quantitative estimate of drug-likeness (QED) is 0.220. The maximum atomic E-state index is 14.1. The molecule has 0 aliphatic carbocycles. The zero-order valence-electron chi connectivity index (χ0n) is 17.0. The third-order valence-corrected chi connectivity index (χ3v) is 4.82. The van der Waals surface area contributed by atoms with Crippen LogP contribution in [0.15, 0.2) is 53.7 Å². The Hall–Kier alpha value is -4.49. The molecule has 0 amide bonds. The number of rotatable bonds is 5. The Labute approximate surface area is 190 Å². The number of benzene rings is 2. The van der Waals surface area contributed by atoms with Crippen LogP contribution in [0.5, 0.6) is 11.6 Å². The van der Waals surface area contributed by atoms with Crippen LogP contribution in [0.1, 0.15) is 11.1 Å². The molecule has 8 nitrogen and oxygen atoms in total. The van der Waals surface area contributed by atoms with Crippen LogP contribution in [0.25, 0.3) is 10.9 Å². The number of hydrogen-bond acceptors (Lipinski definition) is 6. The predicted octanol–water partition coefficient (Wildman–Crippen LogP) is 4.98. The minimum absolute atomic E-state index is 0.0909. The molecule has 4 rings (SSSR count). The molecule has 0 atom stereocenters. The molecule has 0 spiro atoms. The highest BCUT2D eigenvalue weighted by Gasteiger charge is 2.37. The molecule has 2 heterocycles. The highest BCUT2D eigenvalue weighted by atomic mass is 19.4. The van der Waals surface area contributed by atoms with E-state index in [4.69, 9.17) is 4.74 Å². The van der Waals surface area contributed by atoms with E-state index in [1.165, 1.54) is 10.6 Å². The number of halogens is 6. The highest BCUT2D eigenvalue weighted by molar-refractivity contribution is 5.79. The van der Waals surface area contributed by atoms with Gasteiger partial charge in [-0.05, 0) is 18.2 Å². The van der Waals surface area contributed by atoms with Gasteiger partial charge in [-0.3, -0.25) is 14.9 Å².